The van der Waals surface area contributed by atoms with E-state index in [1.54, 1.807) is 0 Å². The predicted octanol–water partition coefficient (Wildman–Crippen LogP) is -0.583. The quantitative estimate of drug-likeness (QED) is 0.324. The van der Waals surface area contributed by atoms with Crippen LogP contribution in [-0.4, -0.2) is 92.6 Å². The Kier molecular flexibility index (Phi) is 8.04. The summed E-state index contributed by atoms with van der Waals surface area (Å²) in [5.74, 6) is -6.07. The molecular formula is C20H28O13. The first-order valence-electron chi connectivity index (χ1n) is 9.96. The lowest BCUT2D eigenvalue weighted by Gasteiger charge is -2.64. The van der Waals surface area contributed by atoms with Crippen molar-refractivity contribution in [3.05, 3.63) is 0 Å². The molecule has 1 saturated carbocycles. The highest BCUT2D eigenvalue weighted by Gasteiger charge is 2.81. The van der Waals surface area contributed by atoms with Crippen molar-refractivity contribution in [2.75, 3.05) is 20.8 Å². The van der Waals surface area contributed by atoms with Crippen molar-refractivity contribution in [1.82, 2.24) is 0 Å². The van der Waals surface area contributed by atoms with E-state index in [1.165, 1.54) is 14.2 Å². The highest BCUT2D eigenvalue weighted by molar-refractivity contribution is 5.70. The van der Waals surface area contributed by atoms with E-state index >= 15 is 0 Å². The van der Waals surface area contributed by atoms with Crippen molar-refractivity contribution in [2.45, 2.75) is 76.5 Å². The Morgan fingerprint density at radius 2 is 1.18 bits per heavy atom. The lowest BCUT2D eigenvalue weighted by molar-refractivity contribution is -0.460. The summed E-state index contributed by atoms with van der Waals surface area (Å²) in [7, 11) is 2.41. The number of methoxy groups -OCH3 is 2. The molecule has 186 valence electrons. The molecule has 0 aromatic carbocycles. The van der Waals surface area contributed by atoms with Crippen molar-refractivity contribution in [1.29, 1.82) is 0 Å². The Bertz CT molecular complexity index is 810. The molecule has 3 fully saturated rings. The molecule has 1 aliphatic carbocycles. The van der Waals surface area contributed by atoms with Crippen LogP contribution in [0.1, 0.15) is 34.6 Å². The number of esters is 5. The van der Waals surface area contributed by atoms with Gasteiger partial charge in [-0.1, -0.05) is 0 Å². The van der Waals surface area contributed by atoms with Gasteiger partial charge in [0, 0.05) is 48.8 Å². The Labute approximate surface area is 189 Å². The molecule has 7 atom stereocenters. The van der Waals surface area contributed by atoms with Crippen LogP contribution in [0.2, 0.25) is 0 Å². The molecule has 0 amide bonds. The molecule has 2 aliphatic heterocycles. The third-order valence-corrected chi connectivity index (χ3v) is 5.27. The summed E-state index contributed by atoms with van der Waals surface area (Å²) in [6, 6.07) is 0. The smallest absolute Gasteiger partial charge is 0.303 e. The van der Waals surface area contributed by atoms with Crippen LogP contribution in [-0.2, 0) is 61.9 Å². The minimum absolute atomic E-state index is 0.495. The summed E-state index contributed by atoms with van der Waals surface area (Å²) in [5.41, 5.74) is -2.08. The van der Waals surface area contributed by atoms with Crippen LogP contribution >= 0.6 is 0 Å². The average Bonchev–Trinajstić information content (AvgIpc) is 2.68. The molecule has 0 spiro atoms. The maximum atomic E-state index is 12.2. The Morgan fingerprint density at radius 3 is 1.58 bits per heavy atom. The molecule has 2 unspecified atom stereocenters. The zero-order valence-corrected chi connectivity index (χ0v) is 19.4. The molecule has 3 aliphatic rings. The average molecular weight is 476 g/mol. The Hall–Kier alpha value is -2.77. The van der Waals surface area contributed by atoms with Gasteiger partial charge in [0.25, 0.3) is 5.79 Å². The third kappa shape index (κ3) is 4.80. The summed E-state index contributed by atoms with van der Waals surface area (Å²) >= 11 is 0. The molecule has 13 heteroatoms. The molecule has 33 heavy (non-hydrogen) atoms. The van der Waals surface area contributed by atoms with Crippen molar-refractivity contribution in [3.63, 3.8) is 0 Å². The van der Waals surface area contributed by atoms with Crippen molar-refractivity contribution in [2.24, 2.45) is 0 Å². The van der Waals surface area contributed by atoms with E-state index < -0.39 is 78.4 Å². The van der Waals surface area contributed by atoms with E-state index in [0.717, 1.165) is 34.6 Å². The fourth-order valence-electron chi connectivity index (χ4n) is 4.39. The van der Waals surface area contributed by atoms with Crippen LogP contribution in [0, 0.1) is 0 Å². The van der Waals surface area contributed by atoms with E-state index in [9.17, 15) is 24.0 Å². The molecule has 3 rings (SSSR count). The van der Waals surface area contributed by atoms with Gasteiger partial charge < -0.3 is 37.9 Å². The topological polar surface area (TPSA) is 159 Å². The second kappa shape index (κ2) is 10.0. The summed E-state index contributed by atoms with van der Waals surface area (Å²) in [6.45, 7) is 5.00. The van der Waals surface area contributed by atoms with E-state index in [4.69, 9.17) is 37.9 Å². The Balaban J connectivity index is 2.85. The van der Waals surface area contributed by atoms with Crippen LogP contribution < -0.4 is 0 Å². The van der Waals surface area contributed by atoms with Gasteiger partial charge in [0.05, 0.1) is 0 Å². The van der Waals surface area contributed by atoms with E-state index in [0.29, 0.717) is 0 Å². The number of ether oxygens (including phenoxy) is 8. The minimum Gasteiger partial charge on any atom is -0.463 e. The minimum atomic E-state index is -2.09. The predicted molar refractivity (Wildman–Crippen MR) is 103 cm³/mol. The molecule has 0 radical (unpaired) electrons. The molecular weight excluding hydrogens is 448 g/mol. The third-order valence-electron chi connectivity index (χ3n) is 5.27. The van der Waals surface area contributed by atoms with Gasteiger partial charge >= 0.3 is 29.8 Å². The molecule has 13 nitrogen and oxygen atoms in total. The second-order valence-electron chi connectivity index (χ2n) is 7.53. The first-order valence-corrected chi connectivity index (χ1v) is 9.96. The number of carbonyl (C=O) groups is 5. The first-order chi connectivity index (χ1) is 15.3. The van der Waals surface area contributed by atoms with Gasteiger partial charge in [-0.3, -0.25) is 24.0 Å². The SMILES string of the molecule is COC1C(OC(C)=O)[C@@]2(OC)O[C@H](COC(C)=O)[C@]1(OC(C)=O)[C@H](OC(C)=O)[C@H]2OC(C)=O. The van der Waals surface area contributed by atoms with Gasteiger partial charge in [0.1, 0.15) is 18.8 Å². The summed E-state index contributed by atoms with van der Waals surface area (Å²) in [5, 5.41) is 0. The summed E-state index contributed by atoms with van der Waals surface area (Å²) in [6.07, 6.45) is -7.32. The zero-order valence-electron chi connectivity index (χ0n) is 19.4. The fraction of sp³-hybridized carbons (Fsp3) is 0.750. The fourth-order valence-corrected chi connectivity index (χ4v) is 4.39. The van der Waals surface area contributed by atoms with Gasteiger partial charge in [-0.15, -0.1) is 0 Å². The molecule has 0 aromatic rings. The number of hydrogen-bond acceptors (Lipinski definition) is 13. The molecule has 0 N–H and O–H groups in total. The van der Waals surface area contributed by atoms with Crippen molar-refractivity contribution in [3.8, 4) is 0 Å². The maximum Gasteiger partial charge on any atom is 0.303 e. The molecule has 2 saturated heterocycles. The molecule has 2 bridgehead atoms. The monoisotopic (exact) mass is 476 g/mol. The summed E-state index contributed by atoms with van der Waals surface area (Å²) in [4.78, 5) is 59.8. The van der Waals surface area contributed by atoms with E-state index in [1.807, 2.05) is 0 Å². The highest BCUT2D eigenvalue weighted by atomic mass is 16.8. The summed E-state index contributed by atoms with van der Waals surface area (Å²) < 4.78 is 44.3. The van der Waals surface area contributed by atoms with Gasteiger partial charge in [-0.05, 0) is 0 Å². The number of hydrogen-bond donors (Lipinski definition) is 0. The van der Waals surface area contributed by atoms with E-state index in [-0.39, 0.29) is 0 Å². The second-order valence-corrected chi connectivity index (χ2v) is 7.53. The van der Waals surface area contributed by atoms with Crippen LogP contribution in [0.4, 0.5) is 0 Å². The zero-order chi connectivity index (χ0) is 25.1. The normalized spacial score (nSPS) is 34.7. The maximum absolute atomic E-state index is 12.2. The van der Waals surface area contributed by atoms with Gasteiger partial charge in [-0.2, -0.15) is 0 Å². The Morgan fingerprint density at radius 1 is 0.697 bits per heavy atom. The number of carbonyl (C=O) groups excluding carboxylic acids is 5. The molecule has 2 heterocycles. The van der Waals surface area contributed by atoms with Gasteiger partial charge in [-0.25, -0.2) is 0 Å². The number of rotatable bonds is 8. The lowest BCUT2D eigenvalue weighted by atomic mass is 9.66. The van der Waals surface area contributed by atoms with Crippen LogP contribution in [0.5, 0.6) is 0 Å². The van der Waals surface area contributed by atoms with Crippen LogP contribution in [0.25, 0.3) is 0 Å². The highest BCUT2D eigenvalue weighted by Crippen LogP contribution is 2.54. The standard InChI is InChI=1S/C20H28O13/c1-9(21)28-8-14-19(32-13(5)25)15(26-6)17(30-11(3)23)20(27-7,33-14)18(31-12(4)24)16(19)29-10(2)22/h14-18H,8H2,1-7H3/t14-,15?,16-,17?,18-,19-,20-/m1/s1. The van der Waals surface area contributed by atoms with Crippen LogP contribution in [0.3, 0.4) is 0 Å². The van der Waals surface area contributed by atoms with Gasteiger partial charge in [0.2, 0.25) is 11.7 Å². The van der Waals surface area contributed by atoms with Gasteiger partial charge in [0.15, 0.2) is 12.2 Å². The number of fused-ring (bicyclic) bond motifs is 3. The first kappa shape index (κ1) is 26.5. The van der Waals surface area contributed by atoms with E-state index in [2.05, 4.69) is 0 Å². The molecule has 0 aromatic heterocycles. The lowest BCUT2D eigenvalue weighted by Crippen LogP contribution is -2.88. The largest absolute Gasteiger partial charge is 0.463 e. The van der Waals surface area contributed by atoms with Crippen molar-refractivity contribution >= 4 is 29.8 Å². The van der Waals surface area contributed by atoms with Crippen LogP contribution in [0.15, 0.2) is 0 Å². The van der Waals surface area contributed by atoms with Crippen molar-refractivity contribution < 1.29 is 61.9 Å².